The molecule has 1 heterocycles. The molecule has 1 aromatic heterocycles. The van der Waals surface area contributed by atoms with Crippen molar-refractivity contribution in [2.24, 2.45) is 0 Å². The molecule has 168 valence electrons. The van der Waals surface area contributed by atoms with Crippen LogP contribution in [0.3, 0.4) is 0 Å². The normalized spacial score (nSPS) is 12.0. The summed E-state index contributed by atoms with van der Waals surface area (Å²) >= 11 is 6.03. The predicted molar refractivity (Wildman–Crippen MR) is 107 cm³/mol. The highest BCUT2D eigenvalue weighted by molar-refractivity contribution is 7.90. The van der Waals surface area contributed by atoms with Gasteiger partial charge < -0.3 is 24.3 Å². The van der Waals surface area contributed by atoms with Crippen LogP contribution in [-0.2, 0) is 30.8 Å². The molecule has 1 atom stereocenters. The second-order valence-corrected chi connectivity index (χ2v) is 8.03. The number of hydrogen-bond acceptors (Lipinski definition) is 9. The van der Waals surface area contributed by atoms with Gasteiger partial charge >= 0.3 is 18.0 Å². The highest BCUT2D eigenvalue weighted by Crippen LogP contribution is 2.29. The fourth-order valence-electron chi connectivity index (χ4n) is 2.34. The molecule has 0 saturated carbocycles. The molecule has 3 N–H and O–H groups in total. The number of esters is 1. The van der Waals surface area contributed by atoms with Crippen LogP contribution in [0.15, 0.2) is 39.8 Å². The maximum absolute atomic E-state index is 12.5. The Balaban J connectivity index is 2.23. The number of carboxylic acid groups (broad SMARTS) is 1. The number of hydrogen-bond donors (Lipinski definition) is 3. The maximum Gasteiger partial charge on any atom is 0.422 e. The lowest BCUT2D eigenvalue weighted by atomic mass is 10.1. The number of anilines is 1. The van der Waals surface area contributed by atoms with Crippen molar-refractivity contribution in [2.45, 2.75) is 31.4 Å². The molecular weight excluding hydrogens is 456 g/mol. The van der Waals surface area contributed by atoms with Gasteiger partial charge in [0.1, 0.15) is 10.7 Å². The molecular formula is C18H19ClN2O9S. The van der Waals surface area contributed by atoms with Gasteiger partial charge in [-0.25, -0.2) is 27.5 Å². The van der Waals surface area contributed by atoms with E-state index in [0.29, 0.717) is 5.76 Å². The number of rotatable bonds is 9. The van der Waals surface area contributed by atoms with Crippen LogP contribution in [0.5, 0.6) is 0 Å². The smallest absolute Gasteiger partial charge is 0.422 e. The van der Waals surface area contributed by atoms with Gasteiger partial charge in [0.05, 0.1) is 35.7 Å². The number of benzene rings is 1. The number of aromatic carboxylic acids is 1. The number of halogens is 1. The molecule has 0 fully saturated rings. The van der Waals surface area contributed by atoms with Gasteiger partial charge in [0.15, 0.2) is 6.10 Å². The van der Waals surface area contributed by atoms with Crippen LogP contribution < -0.4 is 10.0 Å². The Morgan fingerprint density at radius 3 is 2.58 bits per heavy atom. The number of furan rings is 1. The molecule has 11 nitrogen and oxygen atoms in total. The summed E-state index contributed by atoms with van der Waals surface area (Å²) in [5.74, 6) is -1.80. The van der Waals surface area contributed by atoms with Crippen molar-refractivity contribution in [1.82, 2.24) is 4.72 Å². The summed E-state index contributed by atoms with van der Waals surface area (Å²) in [6.45, 7) is 2.90. The number of carboxylic acids is 1. The second kappa shape index (κ2) is 10.2. The molecule has 0 radical (unpaired) electrons. The molecule has 2 rings (SSSR count). The summed E-state index contributed by atoms with van der Waals surface area (Å²) in [6, 6.07) is 5.18. The van der Waals surface area contributed by atoms with Crippen molar-refractivity contribution < 1.29 is 41.8 Å². The Morgan fingerprint density at radius 2 is 2.00 bits per heavy atom. The Kier molecular flexibility index (Phi) is 7.89. The standard InChI is InChI=1S/C18H19ClN2O9S/c1-3-28-17(24)10(2)30-18(25)21-31(26,27)15-7-12(16(22)23)14(8-13(15)19)20-9-11-5-4-6-29-11/h4-8,10,20H,3,9H2,1-2H3,(H,21,25)(H,22,23). The third-order valence-electron chi connectivity index (χ3n) is 3.75. The molecule has 1 aromatic carbocycles. The van der Waals surface area contributed by atoms with Crippen molar-refractivity contribution in [3.63, 3.8) is 0 Å². The lowest BCUT2D eigenvalue weighted by Gasteiger charge is -2.15. The molecule has 0 saturated heterocycles. The number of sulfonamides is 1. The average Bonchev–Trinajstić information content (AvgIpc) is 3.19. The van der Waals surface area contributed by atoms with E-state index in [2.05, 4.69) is 14.8 Å². The summed E-state index contributed by atoms with van der Waals surface area (Å²) in [6.07, 6.45) is -1.40. The van der Waals surface area contributed by atoms with Crippen LogP contribution >= 0.6 is 11.6 Å². The molecule has 1 unspecified atom stereocenters. The SMILES string of the molecule is CCOC(=O)C(C)OC(=O)NS(=O)(=O)c1cc(C(=O)O)c(NCc2ccco2)cc1Cl. The van der Waals surface area contributed by atoms with E-state index in [1.165, 1.54) is 13.2 Å². The van der Waals surface area contributed by atoms with Crippen molar-refractivity contribution >= 4 is 45.3 Å². The average molecular weight is 475 g/mol. The molecule has 31 heavy (non-hydrogen) atoms. The molecule has 2 aromatic rings. The van der Waals surface area contributed by atoms with Gasteiger partial charge in [-0.1, -0.05) is 11.6 Å². The summed E-state index contributed by atoms with van der Waals surface area (Å²) in [4.78, 5) is 34.3. The third kappa shape index (κ3) is 6.36. The van der Waals surface area contributed by atoms with Crippen molar-refractivity contribution in [3.8, 4) is 0 Å². The predicted octanol–water partition coefficient (Wildman–Crippen LogP) is 2.61. The first-order valence-corrected chi connectivity index (χ1v) is 10.6. The maximum atomic E-state index is 12.5. The van der Waals surface area contributed by atoms with E-state index in [1.807, 2.05) is 0 Å². The van der Waals surface area contributed by atoms with Crippen molar-refractivity contribution in [2.75, 3.05) is 11.9 Å². The zero-order chi connectivity index (χ0) is 23.2. The Bertz CT molecular complexity index is 1070. The van der Waals surface area contributed by atoms with E-state index in [9.17, 15) is 27.9 Å². The lowest BCUT2D eigenvalue weighted by molar-refractivity contribution is -0.152. The topological polar surface area (TPSA) is 161 Å². The van der Waals surface area contributed by atoms with E-state index in [1.54, 1.807) is 23.8 Å². The van der Waals surface area contributed by atoms with Crippen LogP contribution in [0, 0.1) is 0 Å². The van der Waals surface area contributed by atoms with Crippen molar-refractivity contribution in [3.05, 3.63) is 46.9 Å². The quantitative estimate of drug-likeness (QED) is 0.460. The summed E-state index contributed by atoms with van der Waals surface area (Å²) in [7, 11) is -4.62. The van der Waals surface area contributed by atoms with Gasteiger partial charge in [-0.05, 0) is 38.1 Å². The molecule has 0 aliphatic heterocycles. The number of carbonyl (C=O) groups is 3. The monoisotopic (exact) mass is 474 g/mol. The first kappa shape index (κ1) is 24.0. The number of ether oxygens (including phenoxy) is 2. The van der Waals surface area contributed by atoms with Crippen LogP contribution in [0.1, 0.15) is 30.0 Å². The summed E-state index contributed by atoms with van der Waals surface area (Å²) in [5, 5.41) is 11.9. The van der Waals surface area contributed by atoms with Gasteiger partial charge in [-0.15, -0.1) is 0 Å². The van der Waals surface area contributed by atoms with E-state index < -0.39 is 44.6 Å². The third-order valence-corrected chi connectivity index (χ3v) is 5.52. The first-order valence-electron chi connectivity index (χ1n) is 8.78. The Morgan fingerprint density at radius 1 is 1.29 bits per heavy atom. The zero-order valence-electron chi connectivity index (χ0n) is 16.4. The van der Waals surface area contributed by atoms with Crippen LogP contribution in [0.4, 0.5) is 10.5 Å². The Labute approximate surface area is 182 Å². The summed E-state index contributed by atoms with van der Waals surface area (Å²) < 4.78 is 41.1. The molecule has 0 bridgehead atoms. The minimum Gasteiger partial charge on any atom is -0.478 e. The zero-order valence-corrected chi connectivity index (χ0v) is 18.0. The van der Waals surface area contributed by atoms with Crippen molar-refractivity contribution in [1.29, 1.82) is 0 Å². The second-order valence-electron chi connectivity index (χ2n) is 5.97. The minimum atomic E-state index is -4.62. The van der Waals surface area contributed by atoms with Gasteiger partial charge in [-0.3, -0.25) is 0 Å². The molecule has 0 aliphatic carbocycles. The van der Waals surface area contributed by atoms with Gasteiger partial charge in [0.2, 0.25) is 0 Å². The minimum absolute atomic E-state index is 0.0337. The van der Waals surface area contributed by atoms with E-state index >= 15 is 0 Å². The van der Waals surface area contributed by atoms with Gasteiger partial charge in [-0.2, -0.15) is 0 Å². The summed E-state index contributed by atoms with van der Waals surface area (Å²) in [5.41, 5.74) is -0.379. The molecule has 13 heteroatoms. The lowest BCUT2D eigenvalue weighted by Crippen LogP contribution is -2.36. The van der Waals surface area contributed by atoms with Crippen LogP contribution in [0.2, 0.25) is 5.02 Å². The van der Waals surface area contributed by atoms with E-state index in [-0.39, 0.29) is 23.9 Å². The first-order chi connectivity index (χ1) is 14.5. The fourth-order valence-corrected chi connectivity index (χ4v) is 3.77. The highest BCUT2D eigenvalue weighted by Gasteiger charge is 2.27. The number of nitrogens with one attached hydrogen (secondary N) is 2. The van der Waals surface area contributed by atoms with E-state index in [4.69, 9.17) is 16.0 Å². The van der Waals surface area contributed by atoms with Gasteiger partial charge in [0, 0.05) is 0 Å². The highest BCUT2D eigenvalue weighted by atomic mass is 35.5. The molecule has 0 aliphatic rings. The molecule has 1 amide bonds. The fraction of sp³-hybridized carbons (Fsp3) is 0.278. The molecule has 0 spiro atoms. The van der Waals surface area contributed by atoms with Gasteiger partial charge in [0.25, 0.3) is 10.0 Å². The van der Waals surface area contributed by atoms with Crippen LogP contribution in [-0.4, -0.2) is 44.3 Å². The van der Waals surface area contributed by atoms with E-state index in [0.717, 1.165) is 12.1 Å². The number of carbonyl (C=O) groups excluding carboxylic acids is 2. The Hall–Kier alpha value is -3.25. The largest absolute Gasteiger partial charge is 0.478 e. The van der Waals surface area contributed by atoms with Crippen LogP contribution in [0.25, 0.3) is 0 Å². The number of amides is 1.